The molecule has 0 aromatic rings. The van der Waals surface area contributed by atoms with Crippen LogP contribution in [-0.2, 0) is 14.3 Å². The number of aliphatic carboxylic acids is 1. The van der Waals surface area contributed by atoms with E-state index >= 15 is 0 Å². The number of carboxylic acid groups (broad SMARTS) is 1. The van der Waals surface area contributed by atoms with Crippen LogP contribution in [0.25, 0.3) is 0 Å². The zero-order valence-corrected chi connectivity index (χ0v) is 8.24. The molecule has 0 saturated heterocycles. The summed E-state index contributed by atoms with van der Waals surface area (Å²) in [4.78, 5) is 21.4. The summed E-state index contributed by atoms with van der Waals surface area (Å²) >= 11 is 0. The smallest absolute Gasteiger partial charge is 0.337 e. The fourth-order valence-electron chi connectivity index (χ4n) is 0.629. The molecule has 6 heteroatoms. The molecule has 0 saturated carbocycles. The average Bonchev–Trinajstić information content (AvgIpc) is 2.11. The van der Waals surface area contributed by atoms with Crippen molar-refractivity contribution in [1.29, 1.82) is 0 Å². The van der Waals surface area contributed by atoms with E-state index in [9.17, 15) is 14.7 Å². The van der Waals surface area contributed by atoms with Crippen LogP contribution in [0, 0.1) is 0 Å². The molecule has 1 amide bonds. The Morgan fingerprint density at radius 1 is 1.50 bits per heavy atom. The number of methoxy groups -OCH3 is 1. The summed E-state index contributed by atoms with van der Waals surface area (Å²) in [7, 11) is 1.46. The van der Waals surface area contributed by atoms with E-state index in [4.69, 9.17) is 5.11 Å². The lowest BCUT2D eigenvalue weighted by Gasteiger charge is -2.18. The van der Waals surface area contributed by atoms with Crippen molar-refractivity contribution in [2.75, 3.05) is 20.3 Å². The lowest BCUT2D eigenvalue weighted by Crippen LogP contribution is -2.46. The van der Waals surface area contributed by atoms with Gasteiger partial charge in [-0.2, -0.15) is 0 Å². The number of carbonyl (C=O) groups is 2. The van der Waals surface area contributed by atoms with Crippen molar-refractivity contribution in [1.82, 2.24) is 5.32 Å². The number of hydrogen-bond acceptors (Lipinski definition) is 4. The number of amides is 1. The summed E-state index contributed by atoms with van der Waals surface area (Å²) in [5, 5.41) is 20.0. The minimum atomic E-state index is -1.93. The normalized spacial score (nSPS) is 14.5. The highest BCUT2D eigenvalue weighted by molar-refractivity contribution is 5.80. The quantitative estimate of drug-likeness (QED) is 0.515. The summed E-state index contributed by atoms with van der Waals surface area (Å²) in [6, 6.07) is 0. The minimum absolute atomic E-state index is 0.145. The topological polar surface area (TPSA) is 95.9 Å². The highest BCUT2D eigenvalue weighted by Crippen LogP contribution is 2.00. The maximum absolute atomic E-state index is 11.0. The van der Waals surface area contributed by atoms with Gasteiger partial charge >= 0.3 is 5.97 Å². The molecule has 0 radical (unpaired) electrons. The van der Waals surface area contributed by atoms with Crippen molar-refractivity contribution >= 4 is 11.9 Å². The fraction of sp³-hybridized carbons (Fsp3) is 0.750. The molecule has 0 bridgehead atoms. The van der Waals surface area contributed by atoms with Gasteiger partial charge < -0.3 is 20.3 Å². The van der Waals surface area contributed by atoms with Crippen LogP contribution in [0.2, 0.25) is 0 Å². The molecule has 0 aliphatic heterocycles. The molecular weight excluding hydrogens is 190 g/mol. The Hall–Kier alpha value is -1.14. The number of hydrogen-bond donors (Lipinski definition) is 3. The van der Waals surface area contributed by atoms with Gasteiger partial charge in [0.25, 0.3) is 0 Å². The first kappa shape index (κ1) is 12.9. The molecule has 82 valence electrons. The highest BCUT2D eigenvalue weighted by Gasteiger charge is 2.29. The average molecular weight is 205 g/mol. The van der Waals surface area contributed by atoms with Gasteiger partial charge in [0.05, 0.1) is 13.2 Å². The maximum Gasteiger partial charge on any atom is 0.337 e. The minimum Gasteiger partial charge on any atom is -0.479 e. The molecule has 1 atom stereocenters. The Labute approximate surface area is 81.9 Å². The molecule has 0 fully saturated rings. The number of aliphatic hydroxyl groups is 1. The van der Waals surface area contributed by atoms with Crippen LogP contribution in [-0.4, -0.2) is 48.0 Å². The number of ether oxygens (including phenoxy) is 1. The SMILES string of the molecule is COCCC(=O)NCC(C)(O)C(=O)O. The number of carbonyl (C=O) groups excluding carboxylic acids is 1. The third-order valence-electron chi connectivity index (χ3n) is 1.62. The summed E-state index contributed by atoms with van der Waals surface area (Å²) in [5.41, 5.74) is -1.93. The van der Waals surface area contributed by atoms with E-state index in [-0.39, 0.29) is 25.5 Å². The standard InChI is InChI=1S/C8H15NO5/c1-8(13,7(11)12)5-9-6(10)3-4-14-2/h13H,3-5H2,1-2H3,(H,9,10)(H,11,12). The third kappa shape index (κ3) is 4.78. The van der Waals surface area contributed by atoms with E-state index in [0.717, 1.165) is 6.92 Å². The monoisotopic (exact) mass is 205 g/mol. The first-order valence-electron chi connectivity index (χ1n) is 4.11. The molecule has 14 heavy (non-hydrogen) atoms. The molecular formula is C8H15NO5. The zero-order chi connectivity index (χ0) is 11.2. The molecule has 3 N–H and O–H groups in total. The van der Waals surface area contributed by atoms with Crippen molar-refractivity contribution in [3.05, 3.63) is 0 Å². The summed E-state index contributed by atoms with van der Waals surface area (Å²) in [6.45, 7) is 1.07. The molecule has 0 aliphatic rings. The number of carboxylic acids is 1. The van der Waals surface area contributed by atoms with Crippen molar-refractivity contribution in [2.24, 2.45) is 0 Å². The maximum atomic E-state index is 11.0. The van der Waals surface area contributed by atoms with Gasteiger partial charge in [-0.05, 0) is 6.92 Å². The predicted octanol–water partition coefficient (Wildman–Crippen LogP) is -1.03. The Balaban J connectivity index is 3.82. The van der Waals surface area contributed by atoms with Gasteiger partial charge in [0.2, 0.25) is 5.91 Å². The highest BCUT2D eigenvalue weighted by atomic mass is 16.5. The third-order valence-corrected chi connectivity index (χ3v) is 1.62. The molecule has 0 rings (SSSR count). The number of nitrogens with one attached hydrogen (secondary N) is 1. The van der Waals surface area contributed by atoms with E-state index < -0.39 is 11.6 Å². The van der Waals surface area contributed by atoms with E-state index in [0.29, 0.717) is 0 Å². The van der Waals surface area contributed by atoms with E-state index in [1.807, 2.05) is 0 Å². The van der Waals surface area contributed by atoms with Crippen LogP contribution in [0.4, 0.5) is 0 Å². The van der Waals surface area contributed by atoms with Crippen molar-refractivity contribution < 1.29 is 24.5 Å². The Bertz CT molecular complexity index is 214. The van der Waals surface area contributed by atoms with Crippen LogP contribution in [0.5, 0.6) is 0 Å². The van der Waals surface area contributed by atoms with Crippen molar-refractivity contribution in [3.63, 3.8) is 0 Å². The fourth-order valence-corrected chi connectivity index (χ4v) is 0.629. The zero-order valence-electron chi connectivity index (χ0n) is 8.24. The van der Waals surface area contributed by atoms with Crippen LogP contribution >= 0.6 is 0 Å². The molecule has 1 unspecified atom stereocenters. The lowest BCUT2D eigenvalue weighted by molar-refractivity contribution is -0.156. The van der Waals surface area contributed by atoms with Gasteiger partial charge in [-0.15, -0.1) is 0 Å². The Kier molecular flexibility index (Phi) is 5.11. The van der Waals surface area contributed by atoms with Crippen molar-refractivity contribution in [2.45, 2.75) is 18.9 Å². The first-order valence-corrected chi connectivity index (χ1v) is 4.11. The second-order valence-corrected chi connectivity index (χ2v) is 3.10. The predicted molar refractivity (Wildman–Crippen MR) is 47.8 cm³/mol. The second kappa shape index (κ2) is 5.56. The van der Waals surface area contributed by atoms with Crippen LogP contribution in [0.1, 0.15) is 13.3 Å². The molecule has 0 aromatic heterocycles. The van der Waals surface area contributed by atoms with Gasteiger partial charge in [0, 0.05) is 13.5 Å². The van der Waals surface area contributed by atoms with E-state index in [1.54, 1.807) is 0 Å². The molecule has 0 aliphatic carbocycles. The molecule has 6 nitrogen and oxygen atoms in total. The summed E-state index contributed by atoms with van der Waals surface area (Å²) < 4.78 is 4.65. The van der Waals surface area contributed by atoms with Crippen LogP contribution in [0.3, 0.4) is 0 Å². The van der Waals surface area contributed by atoms with Gasteiger partial charge in [0.1, 0.15) is 0 Å². The summed E-state index contributed by atoms with van der Waals surface area (Å²) in [6.07, 6.45) is 0.145. The largest absolute Gasteiger partial charge is 0.479 e. The first-order chi connectivity index (χ1) is 6.40. The van der Waals surface area contributed by atoms with Gasteiger partial charge in [-0.3, -0.25) is 4.79 Å². The van der Waals surface area contributed by atoms with E-state index in [2.05, 4.69) is 10.1 Å². The van der Waals surface area contributed by atoms with Crippen LogP contribution in [0.15, 0.2) is 0 Å². The molecule has 0 heterocycles. The van der Waals surface area contributed by atoms with Crippen molar-refractivity contribution in [3.8, 4) is 0 Å². The van der Waals surface area contributed by atoms with Gasteiger partial charge in [-0.1, -0.05) is 0 Å². The molecule has 0 aromatic carbocycles. The number of rotatable bonds is 6. The Morgan fingerprint density at radius 3 is 2.50 bits per heavy atom. The lowest BCUT2D eigenvalue weighted by atomic mass is 10.1. The van der Waals surface area contributed by atoms with Gasteiger partial charge in [-0.25, -0.2) is 4.79 Å². The second-order valence-electron chi connectivity index (χ2n) is 3.10. The Morgan fingerprint density at radius 2 is 2.07 bits per heavy atom. The van der Waals surface area contributed by atoms with Gasteiger partial charge in [0.15, 0.2) is 5.60 Å². The van der Waals surface area contributed by atoms with E-state index in [1.165, 1.54) is 7.11 Å². The molecule has 0 spiro atoms. The summed E-state index contributed by atoms with van der Waals surface area (Å²) in [5.74, 6) is -1.72. The van der Waals surface area contributed by atoms with Crippen LogP contribution < -0.4 is 5.32 Å².